The van der Waals surface area contributed by atoms with Crippen molar-refractivity contribution in [3.8, 4) is 5.75 Å². The number of amides is 1. The molecule has 2 fully saturated rings. The predicted octanol–water partition coefficient (Wildman–Crippen LogP) is 2.05. The van der Waals surface area contributed by atoms with E-state index in [2.05, 4.69) is 33.9 Å². The van der Waals surface area contributed by atoms with Gasteiger partial charge >= 0.3 is 0 Å². The predicted molar refractivity (Wildman–Crippen MR) is 122 cm³/mol. The number of rotatable bonds is 9. The highest BCUT2D eigenvalue weighted by molar-refractivity contribution is 5.76. The zero-order valence-electron chi connectivity index (χ0n) is 19.2. The van der Waals surface area contributed by atoms with Crippen molar-refractivity contribution in [2.75, 3.05) is 80.1 Å². The van der Waals surface area contributed by atoms with E-state index in [1.54, 1.807) is 7.11 Å². The van der Waals surface area contributed by atoms with Gasteiger partial charge in [0.2, 0.25) is 5.91 Å². The van der Waals surface area contributed by atoms with Crippen LogP contribution in [0.3, 0.4) is 0 Å². The van der Waals surface area contributed by atoms with Crippen LogP contribution in [-0.2, 0) is 11.2 Å². The van der Waals surface area contributed by atoms with Gasteiger partial charge in [-0.2, -0.15) is 0 Å². The molecule has 1 aromatic carbocycles. The third-order valence-corrected chi connectivity index (χ3v) is 6.67. The summed E-state index contributed by atoms with van der Waals surface area (Å²) in [5.41, 5.74) is 1.36. The molecule has 2 aliphatic rings. The Balaban J connectivity index is 1.36. The summed E-state index contributed by atoms with van der Waals surface area (Å²) >= 11 is 0. The Morgan fingerprint density at radius 3 is 2.50 bits per heavy atom. The molecule has 6 nitrogen and oxygen atoms in total. The second-order valence-electron chi connectivity index (χ2n) is 9.08. The van der Waals surface area contributed by atoms with Crippen molar-refractivity contribution >= 4 is 5.91 Å². The van der Waals surface area contributed by atoms with Crippen LogP contribution in [0.4, 0.5) is 0 Å². The number of likely N-dealkylation sites (N-methyl/N-ethyl adjacent to an activating group) is 1. The first-order valence-electron chi connectivity index (χ1n) is 11.5. The van der Waals surface area contributed by atoms with E-state index in [0.29, 0.717) is 18.2 Å². The number of carbonyl (C=O) groups excluding carboxylic acids is 1. The number of likely N-dealkylation sites (tertiary alicyclic amines) is 1. The van der Waals surface area contributed by atoms with Gasteiger partial charge in [0.05, 0.1) is 7.11 Å². The molecule has 0 N–H and O–H groups in total. The molecule has 0 unspecified atom stereocenters. The number of hydrogen-bond acceptors (Lipinski definition) is 5. The van der Waals surface area contributed by atoms with Gasteiger partial charge in [-0.3, -0.25) is 4.79 Å². The van der Waals surface area contributed by atoms with E-state index in [0.717, 1.165) is 64.5 Å². The van der Waals surface area contributed by atoms with Crippen LogP contribution in [0.1, 0.15) is 24.8 Å². The molecule has 1 atom stereocenters. The second-order valence-corrected chi connectivity index (χ2v) is 9.08. The van der Waals surface area contributed by atoms with Gasteiger partial charge in [0.15, 0.2) is 0 Å². The fourth-order valence-electron chi connectivity index (χ4n) is 4.59. The third-order valence-electron chi connectivity index (χ3n) is 6.67. The molecule has 0 spiro atoms. The van der Waals surface area contributed by atoms with Gasteiger partial charge < -0.3 is 24.3 Å². The van der Waals surface area contributed by atoms with E-state index in [-0.39, 0.29) is 0 Å². The van der Waals surface area contributed by atoms with Gasteiger partial charge in [0.25, 0.3) is 0 Å². The molecule has 0 radical (unpaired) electrons. The van der Waals surface area contributed by atoms with Gasteiger partial charge in [0.1, 0.15) is 5.75 Å². The average Bonchev–Trinajstić information content (AvgIpc) is 2.77. The normalized spacial score (nSPS) is 21.5. The van der Waals surface area contributed by atoms with Gasteiger partial charge in [-0.15, -0.1) is 0 Å². The van der Waals surface area contributed by atoms with E-state index in [9.17, 15) is 4.79 Å². The molecular formula is C24H40N4O2. The Morgan fingerprint density at radius 1 is 1.07 bits per heavy atom. The molecule has 2 aliphatic heterocycles. The molecule has 6 heteroatoms. The fraction of sp³-hybridized carbons (Fsp3) is 0.708. The van der Waals surface area contributed by atoms with Crippen LogP contribution in [0.5, 0.6) is 5.75 Å². The van der Waals surface area contributed by atoms with Crippen molar-refractivity contribution in [1.29, 1.82) is 0 Å². The Kier molecular flexibility index (Phi) is 8.97. The summed E-state index contributed by atoms with van der Waals surface area (Å²) < 4.78 is 5.24. The fourth-order valence-corrected chi connectivity index (χ4v) is 4.59. The summed E-state index contributed by atoms with van der Waals surface area (Å²) in [7, 11) is 5.86. The molecule has 0 bridgehead atoms. The van der Waals surface area contributed by atoms with Crippen molar-refractivity contribution in [3.05, 3.63) is 29.8 Å². The molecule has 30 heavy (non-hydrogen) atoms. The topological polar surface area (TPSA) is 39.3 Å². The van der Waals surface area contributed by atoms with Crippen LogP contribution in [0.25, 0.3) is 0 Å². The SMILES string of the molecule is COc1ccc(CCN2CCC[C@@H](CN(C)C(=O)CCN3CCN(C)CC3)C2)cc1. The molecule has 3 rings (SSSR count). The first-order chi connectivity index (χ1) is 14.5. The van der Waals surface area contributed by atoms with E-state index >= 15 is 0 Å². The van der Waals surface area contributed by atoms with E-state index in [4.69, 9.17) is 4.74 Å². The second kappa shape index (κ2) is 11.7. The third kappa shape index (κ3) is 7.25. The number of ether oxygens (including phenoxy) is 1. The van der Waals surface area contributed by atoms with Crippen molar-refractivity contribution in [1.82, 2.24) is 19.6 Å². The first-order valence-corrected chi connectivity index (χ1v) is 11.5. The van der Waals surface area contributed by atoms with Gasteiger partial charge in [-0.05, 0) is 56.5 Å². The summed E-state index contributed by atoms with van der Waals surface area (Å²) in [4.78, 5) is 22.0. The monoisotopic (exact) mass is 416 g/mol. The molecule has 0 aliphatic carbocycles. The van der Waals surface area contributed by atoms with E-state index in [1.807, 2.05) is 24.1 Å². The van der Waals surface area contributed by atoms with Crippen molar-refractivity contribution in [2.24, 2.45) is 5.92 Å². The Morgan fingerprint density at radius 2 is 1.80 bits per heavy atom. The molecule has 1 amide bonds. The van der Waals surface area contributed by atoms with Gasteiger partial charge in [-0.1, -0.05) is 12.1 Å². The minimum absolute atomic E-state index is 0.296. The van der Waals surface area contributed by atoms with Crippen LogP contribution in [0.2, 0.25) is 0 Å². The summed E-state index contributed by atoms with van der Waals surface area (Å²) in [5.74, 6) is 1.80. The lowest BCUT2D eigenvalue weighted by atomic mass is 9.97. The zero-order valence-corrected chi connectivity index (χ0v) is 19.2. The van der Waals surface area contributed by atoms with Crippen molar-refractivity contribution in [3.63, 3.8) is 0 Å². The van der Waals surface area contributed by atoms with Crippen LogP contribution in [0, 0.1) is 5.92 Å². The highest BCUT2D eigenvalue weighted by Gasteiger charge is 2.23. The summed E-state index contributed by atoms with van der Waals surface area (Å²) in [6, 6.07) is 8.40. The van der Waals surface area contributed by atoms with Crippen LogP contribution >= 0.6 is 0 Å². The van der Waals surface area contributed by atoms with Crippen LogP contribution in [0.15, 0.2) is 24.3 Å². The quantitative estimate of drug-likeness (QED) is 0.616. The number of piperidine rings is 1. The first kappa shape index (κ1) is 23.0. The maximum absolute atomic E-state index is 12.6. The van der Waals surface area contributed by atoms with Gasteiger partial charge in [0, 0.05) is 65.8 Å². The number of nitrogens with zero attached hydrogens (tertiary/aromatic N) is 4. The van der Waals surface area contributed by atoms with Crippen molar-refractivity contribution < 1.29 is 9.53 Å². The summed E-state index contributed by atoms with van der Waals surface area (Å²) in [6.07, 6.45) is 4.18. The number of benzene rings is 1. The minimum Gasteiger partial charge on any atom is -0.497 e. The summed E-state index contributed by atoms with van der Waals surface area (Å²) in [5, 5.41) is 0. The van der Waals surface area contributed by atoms with Crippen molar-refractivity contribution in [2.45, 2.75) is 25.7 Å². The molecule has 2 saturated heterocycles. The van der Waals surface area contributed by atoms with Gasteiger partial charge in [-0.25, -0.2) is 0 Å². The lowest BCUT2D eigenvalue weighted by Gasteiger charge is -2.35. The largest absolute Gasteiger partial charge is 0.497 e. The van der Waals surface area contributed by atoms with E-state index < -0.39 is 0 Å². The molecule has 2 heterocycles. The lowest BCUT2D eigenvalue weighted by Crippen LogP contribution is -2.46. The number of carbonyl (C=O) groups is 1. The standard InChI is InChI=1S/C24H40N4O2/c1-25-15-17-27(18-16-25)14-11-24(29)26(2)19-22-5-4-12-28(20-22)13-10-21-6-8-23(30-3)9-7-21/h6-9,22H,4-5,10-20H2,1-3H3/t22-/m0/s1. The lowest BCUT2D eigenvalue weighted by molar-refractivity contribution is -0.131. The molecule has 0 saturated carbocycles. The molecule has 1 aromatic rings. The Bertz CT molecular complexity index is 643. The number of piperazine rings is 1. The number of methoxy groups -OCH3 is 1. The maximum atomic E-state index is 12.6. The minimum atomic E-state index is 0.296. The molecular weight excluding hydrogens is 376 g/mol. The Labute approximate surface area is 182 Å². The van der Waals surface area contributed by atoms with Crippen LogP contribution in [-0.4, -0.2) is 106 Å². The Hall–Kier alpha value is -1.63. The zero-order chi connectivity index (χ0) is 21.3. The maximum Gasteiger partial charge on any atom is 0.223 e. The highest BCUT2D eigenvalue weighted by Crippen LogP contribution is 2.19. The molecule has 168 valence electrons. The smallest absolute Gasteiger partial charge is 0.223 e. The summed E-state index contributed by atoms with van der Waals surface area (Å²) in [6.45, 7) is 9.54. The van der Waals surface area contributed by atoms with Crippen LogP contribution < -0.4 is 4.74 Å². The average molecular weight is 417 g/mol. The number of hydrogen-bond donors (Lipinski definition) is 0. The van der Waals surface area contributed by atoms with E-state index in [1.165, 1.54) is 24.9 Å². The molecule has 0 aromatic heterocycles. The highest BCUT2D eigenvalue weighted by atomic mass is 16.5.